The van der Waals surface area contributed by atoms with Gasteiger partial charge in [0.05, 0.1) is 24.6 Å². The van der Waals surface area contributed by atoms with Crippen molar-refractivity contribution in [1.29, 1.82) is 0 Å². The first-order chi connectivity index (χ1) is 9.04. The molecule has 1 aromatic heterocycles. The molecule has 0 atom stereocenters. The molecule has 0 aliphatic rings. The average molecular weight is 292 g/mol. The Kier molecular flexibility index (Phi) is 6.37. The molecule has 5 nitrogen and oxygen atoms in total. The summed E-state index contributed by atoms with van der Waals surface area (Å²) in [4.78, 5) is 24.4. The molecule has 1 rings (SSSR count). The predicted octanol–water partition coefficient (Wildman–Crippen LogP) is 0.564. The molecule has 0 spiro atoms. The van der Waals surface area contributed by atoms with Crippen LogP contribution in [0.25, 0.3) is 0 Å². The average Bonchev–Trinajstić information content (AvgIpc) is 2.88. The number of carbonyl (C=O) groups is 2. The van der Waals surface area contributed by atoms with Gasteiger partial charge in [-0.05, 0) is 11.4 Å². The van der Waals surface area contributed by atoms with E-state index >= 15 is 0 Å². The summed E-state index contributed by atoms with van der Waals surface area (Å²) in [7, 11) is 0. The van der Waals surface area contributed by atoms with E-state index in [9.17, 15) is 18.4 Å². The van der Waals surface area contributed by atoms with Crippen LogP contribution in [0, 0.1) is 0 Å². The Morgan fingerprint density at radius 1 is 1.47 bits per heavy atom. The number of hydrogen-bond donors (Lipinski definition) is 2. The number of thiophene rings is 1. The van der Waals surface area contributed by atoms with Crippen molar-refractivity contribution in [3.63, 3.8) is 0 Å². The monoisotopic (exact) mass is 292 g/mol. The van der Waals surface area contributed by atoms with Crippen molar-refractivity contribution >= 4 is 23.2 Å². The van der Waals surface area contributed by atoms with Gasteiger partial charge in [0, 0.05) is 6.54 Å². The van der Waals surface area contributed by atoms with Crippen LogP contribution in [0.1, 0.15) is 9.67 Å². The fourth-order valence-corrected chi connectivity index (χ4v) is 2.01. The second-order valence-electron chi connectivity index (χ2n) is 3.61. The van der Waals surface area contributed by atoms with E-state index < -0.39 is 31.4 Å². The lowest BCUT2D eigenvalue weighted by atomic mass is 10.4. The molecule has 2 N–H and O–H groups in total. The zero-order valence-corrected chi connectivity index (χ0v) is 10.8. The first kappa shape index (κ1) is 15.5. The molecule has 8 heteroatoms. The largest absolute Gasteiger partial charge is 0.395 e. The zero-order valence-electron chi connectivity index (χ0n) is 10.0. The van der Waals surface area contributed by atoms with Crippen LogP contribution in [0.3, 0.4) is 0 Å². The van der Waals surface area contributed by atoms with Gasteiger partial charge in [-0.15, -0.1) is 11.3 Å². The standard InChI is InChI=1S/C11H14F2N2O3S/c12-9(13)7-15(3-4-16)10(17)6-14-11(18)8-2-1-5-19-8/h1-2,5,9,16H,3-4,6-7H2,(H,14,18). The maximum absolute atomic E-state index is 12.2. The molecule has 0 aliphatic heterocycles. The van der Waals surface area contributed by atoms with Crippen molar-refractivity contribution in [2.45, 2.75) is 6.43 Å². The number of aliphatic hydroxyl groups excluding tert-OH is 1. The van der Waals surface area contributed by atoms with E-state index in [0.717, 1.165) is 4.90 Å². The van der Waals surface area contributed by atoms with Crippen molar-refractivity contribution < 1.29 is 23.5 Å². The summed E-state index contributed by atoms with van der Waals surface area (Å²) < 4.78 is 24.5. The maximum atomic E-state index is 12.2. The number of amides is 2. The predicted molar refractivity (Wildman–Crippen MR) is 66.3 cm³/mol. The second-order valence-corrected chi connectivity index (χ2v) is 4.56. The molecular formula is C11H14F2N2O3S. The summed E-state index contributed by atoms with van der Waals surface area (Å²) in [5.41, 5.74) is 0. The number of nitrogens with one attached hydrogen (secondary N) is 1. The molecule has 0 radical (unpaired) electrons. The molecule has 106 valence electrons. The summed E-state index contributed by atoms with van der Waals surface area (Å²) in [6.45, 7) is -1.72. The Bertz CT molecular complexity index is 412. The highest BCUT2D eigenvalue weighted by Gasteiger charge is 2.18. The minimum atomic E-state index is -2.68. The molecule has 0 bridgehead atoms. The Morgan fingerprint density at radius 3 is 2.74 bits per heavy atom. The number of hydrogen-bond acceptors (Lipinski definition) is 4. The van der Waals surface area contributed by atoms with Crippen molar-refractivity contribution in [3.8, 4) is 0 Å². The van der Waals surface area contributed by atoms with Gasteiger partial charge < -0.3 is 15.3 Å². The quantitative estimate of drug-likeness (QED) is 0.771. The molecule has 1 heterocycles. The highest BCUT2D eigenvalue weighted by atomic mass is 32.1. The minimum Gasteiger partial charge on any atom is -0.395 e. The maximum Gasteiger partial charge on any atom is 0.261 e. The summed E-state index contributed by atoms with van der Waals surface area (Å²) in [5, 5.41) is 12.8. The number of alkyl halides is 2. The molecule has 0 aromatic carbocycles. The van der Waals surface area contributed by atoms with Crippen molar-refractivity contribution in [3.05, 3.63) is 22.4 Å². The third-order valence-corrected chi connectivity index (χ3v) is 3.09. The van der Waals surface area contributed by atoms with Crippen LogP contribution in [0.15, 0.2) is 17.5 Å². The Balaban J connectivity index is 2.45. The number of nitrogens with zero attached hydrogens (tertiary/aromatic N) is 1. The molecular weight excluding hydrogens is 278 g/mol. The van der Waals surface area contributed by atoms with Gasteiger partial charge in [-0.2, -0.15) is 0 Å². The van der Waals surface area contributed by atoms with E-state index in [1.165, 1.54) is 11.3 Å². The van der Waals surface area contributed by atoms with Gasteiger partial charge in [-0.3, -0.25) is 9.59 Å². The SMILES string of the molecule is O=C(NCC(=O)N(CCO)CC(F)F)c1cccs1. The third kappa shape index (κ3) is 5.31. The Hall–Kier alpha value is -1.54. The van der Waals surface area contributed by atoms with E-state index in [2.05, 4.69) is 5.32 Å². The molecule has 0 unspecified atom stereocenters. The van der Waals surface area contributed by atoms with Crippen LogP contribution >= 0.6 is 11.3 Å². The summed E-state index contributed by atoms with van der Waals surface area (Å²) in [6, 6.07) is 3.28. The Morgan fingerprint density at radius 2 is 2.21 bits per heavy atom. The van der Waals surface area contributed by atoms with Gasteiger partial charge in [-0.25, -0.2) is 8.78 Å². The molecule has 19 heavy (non-hydrogen) atoms. The third-order valence-electron chi connectivity index (χ3n) is 2.23. The van der Waals surface area contributed by atoms with Crippen LogP contribution in [0.4, 0.5) is 8.78 Å². The van der Waals surface area contributed by atoms with Crippen LogP contribution in [-0.4, -0.2) is 54.5 Å². The van der Waals surface area contributed by atoms with E-state index in [1.807, 2.05) is 0 Å². The van der Waals surface area contributed by atoms with Gasteiger partial charge in [0.2, 0.25) is 5.91 Å². The first-order valence-electron chi connectivity index (χ1n) is 5.53. The van der Waals surface area contributed by atoms with Gasteiger partial charge in [0.15, 0.2) is 0 Å². The smallest absolute Gasteiger partial charge is 0.261 e. The topological polar surface area (TPSA) is 69.6 Å². The number of aliphatic hydroxyl groups is 1. The van der Waals surface area contributed by atoms with Crippen molar-refractivity contribution in [2.75, 3.05) is 26.2 Å². The lowest BCUT2D eigenvalue weighted by molar-refractivity contribution is -0.132. The molecule has 0 saturated heterocycles. The molecule has 0 fully saturated rings. The van der Waals surface area contributed by atoms with Crippen LogP contribution in [-0.2, 0) is 4.79 Å². The normalized spacial score (nSPS) is 10.5. The van der Waals surface area contributed by atoms with Gasteiger partial charge >= 0.3 is 0 Å². The molecule has 0 aliphatic carbocycles. The molecule has 0 saturated carbocycles. The van der Waals surface area contributed by atoms with Crippen molar-refractivity contribution in [2.24, 2.45) is 0 Å². The van der Waals surface area contributed by atoms with Gasteiger partial charge in [-0.1, -0.05) is 6.07 Å². The molecule has 2 amide bonds. The minimum absolute atomic E-state index is 0.182. The van der Waals surface area contributed by atoms with E-state index in [1.54, 1.807) is 17.5 Å². The number of halogens is 2. The number of rotatable bonds is 7. The lowest BCUT2D eigenvalue weighted by Crippen LogP contribution is -2.43. The molecule has 1 aromatic rings. The number of carbonyl (C=O) groups excluding carboxylic acids is 2. The lowest BCUT2D eigenvalue weighted by Gasteiger charge is -2.21. The fraction of sp³-hybridized carbons (Fsp3) is 0.455. The first-order valence-corrected chi connectivity index (χ1v) is 6.41. The van der Waals surface area contributed by atoms with E-state index in [4.69, 9.17) is 5.11 Å². The van der Waals surface area contributed by atoms with Crippen LogP contribution in [0.2, 0.25) is 0 Å². The van der Waals surface area contributed by atoms with Gasteiger partial charge in [0.25, 0.3) is 12.3 Å². The van der Waals surface area contributed by atoms with E-state index in [-0.39, 0.29) is 13.1 Å². The summed E-state index contributed by atoms with van der Waals surface area (Å²) in [6.07, 6.45) is -2.68. The van der Waals surface area contributed by atoms with Crippen LogP contribution < -0.4 is 5.32 Å². The fourth-order valence-electron chi connectivity index (χ4n) is 1.37. The van der Waals surface area contributed by atoms with Crippen LogP contribution in [0.5, 0.6) is 0 Å². The second kappa shape index (κ2) is 7.80. The highest BCUT2D eigenvalue weighted by molar-refractivity contribution is 7.12. The van der Waals surface area contributed by atoms with Crippen molar-refractivity contribution in [1.82, 2.24) is 10.2 Å². The summed E-state index contributed by atoms with van der Waals surface area (Å²) in [5.74, 6) is -1.08. The zero-order chi connectivity index (χ0) is 14.3. The highest BCUT2D eigenvalue weighted by Crippen LogP contribution is 2.07. The summed E-state index contributed by atoms with van der Waals surface area (Å²) >= 11 is 1.22. The Labute approximate surface area is 112 Å². The van der Waals surface area contributed by atoms with E-state index in [0.29, 0.717) is 4.88 Å². The van der Waals surface area contributed by atoms with Gasteiger partial charge in [0.1, 0.15) is 0 Å².